The van der Waals surface area contributed by atoms with Crippen molar-refractivity contribution in [3.63, 3.8) is 0 Å². The topological polar surface area (TPSA) is 55.9 Å². The Kier molecular flexibility index (Phi) is 7.34. The highest BCUT2D eigenvalue weighted by Crippen LogP contribution is 2.34. The van der Waals surface area contributed by atoms with Crippen LogP contribution in [0.1, 0.15) is 56.5 Å². The second-order valence-electron chi connectivity index (χ2n) is 10.4. The number of amides is 2. The fraction of sp³-hybridized carbons (Fsp3) is 0.235. The van der Waals surface area contributed by atoms with Gasteiger partial charge in [0.25, 0.3) is 11.8 Å². The fourth-order valence-electron chi connectivity index (χ4n) is 5.97. The molecule has 6 nitrogen and oxygen atoms in total. The Labute approximate surface area is 235 Å². The van der Waals surface area contributed by atoms with E-state index in [-0.39, 0.29) is 24.0 Å². The van der Waals surface area contributed by atoms with Gasteiger partial charge in [-0.1, -0.05) is 78.9 Å². The summed E-state index contributed by atoms with van der Waals surface area (Å²) in [6, 6.07) is 36.7. The average molecular weight is 531 g/mol. The zero-order chi connectivity index (χ0) is 27.5. The van der Waals surface area contributed by atoms with Crippen LogP contribution in [0.2, 0.25) is 0 Å². The second-order valence-corrected chi connectivity index (χ2v) is 10.4. The van der Waals surface area contributed by atoms with Gasteiger partial charge in [0.1, 0.15) is 6.17 Å². The van der Waals surface area contributed by atoms with E-state index in [1.807, 2.05) is 65.3 Å². The lowest BCUT2D eigenvalue weighted by Gasteiger charge is -2.39. The molecule has 202 valence electrons. The Balaban J connectivity index is 1.12. The van der Waals surface area contributed by atoms with Crippen molar-refractivity contribution in [2.24, 2.45) is 0 Å². The van der Waals surface area contributed by atoms with Gasteiger partial charge in [-0.25, -0.2) is 0 Å². The summed E-state index contributed by atoms with van der Waals surface area (Å²) >= 11 is 0. The van der Waals surface area contributed by atoms with Gasteiger partial charge in [-0.3, -0.25) is 14.5 Å². The first-order valence-electron chi connectivity index (χ1n) is 14.0. The smallest absolute Gasteiger partial charge is 0.256 e. The summed E-state index contributed by atoms with van der Waals surface area (Å²) in [5, 5.41) is 3.50. The highest BCUT2D eigenvalue weighted by molar-refractivity contribution is 5.99. The van der Waals surface area contributed by atoms with Gasteiger partial charge in [-0.05, 0) is 48.4 Å². The molecule has 0 aromatic heterocycles. The molecule has 1 fully saturated rings. The van der Waals surface area contributed by atoms with E-state index in [1.54, 1.807) is 0 Å². The minimum absolute atomic E-state index is 0.0447. The first-order chi connectivity index (χ1) is 19.6. The number of nitrogens with zero attached hydrogens (tertiary/aromatic N) is 3. The number of carbonyl (C=O) groups is 2. The maximum atomic E-state index is 13.4. The van der Waals surface area contributed by atoms with Crippen LogP contribution in [-0.2, 0) is 0 Å². The predicted molar refractivity (Wildman–Crippen MR) is 158 cm³/mol. The van der Waals surface area contributed by atoms with Crippen molar-refractivity contribution < 1.29 is 9.59 Å². The van der Waals surface area contributed by atoms with Gasteiger partial charge < -0.3 is 15.1 Å². The van der Waals surface area contributed by atoms with Crippen molar-refractivity contribution in [3.8, 4) is 0 Å². The maximum absolute atomic E-state index is 13.4. The highest BCUT2D eigenvalue weighted by Gasteiger charge is 2.35. The molecule has 6 heteroatoms. The van der Waals surface area contributed by atoms with Crippen LogP contribution in [0.5, 0.6) is 0 Å². The molecule has 0 bridgehead atoms. The van der Waals surface area contributed by atoms with E-state index in [0.717, 1.165) is 29.9 Å². The lowest BCUT2D eigenvalue weighted by Crippen LogP contribution is -2.49. The number of nitrogens with one attached hydrogen (secondary N) is 1. The lowest BCUT2D eigenvalue weighted by molar-refractivity contribution is 0.0597. The standard InChI is InChI=1S/C34H34N4O2/c1-2-38-32(29-15-9-10-16-30(29)34(38)40)35-28-19-17-27(18-20-28)33(39)37-23-21-36(22-24-37)31(25-11-5-3-6-12-25)26-13-7-4-8-14-26/h3-20,31-32,35H,2,21-24H2,1H3. The lowest BCUT2D eigenvalue weighted by atomic mass is 9.96. The Hall–Kier alpha value is -4.42. The third-order valence-electron chi connectivity index (χ3n) is 8.03. The van der Waals surface area contributed by atoms with E-state index in [9.17, 15) is 9.59 Å². The number of benzene rings is 4. The molecule has 0 radical (unpaired) electrons. The molecule has 4 aromatic carbocycles. The molecular weight excluding hydrogens is 496 g/mol. The molecule has 2 heterocycles. The van der Waals surface area contributed by atoms with Gasteiger partial charge in [-0.15, -0.1) is 0 Å². The fourth-order valence-corrected chi connectivity index (χ4v) is 5.97. The van der Waals surface area contributed by atoms with Crippen molar-refractivity contribution in [2.45, 2.75) is 19.1 Å². The first-order valence-corrected chi connectivity index (χ1v) is 14.0. The summed E-state index contributed by atoms with van der Waals surface area (Å²) in [5.41, 5.74) is 5.82. The van der Waals surface area contributed by atoms with Crippen molar-refractivity contribution in [2.75, 3.05) is 38.0 Å². The molecular formula is C34H34N4O2. The van der Waals surface area contributed by atoms with E-state index in [2.05, 4.69) is 70.9 Å². The minimum atomic E-state index is -0.217. The van der Waals surface area contributed by atoms with E-state index >= 15 is 0 Å². The van der Waals surface area contributed by atoms with Crippen molar-refractivity contribution >= 4 is 17.5 Å². The number of anilines is 1. The monoisotopic (exact) mass is 530 g/mol. The molecule has 2 amide bonds. The number of rotatable bonds is 7. The van der Waals surface area contributed by atoms with Gasteiger partial charge >= 0.3 is 0 Å². The van der Waals surface area contributed by atoms with E-state index < -0.39 is 0 Å². The van der Waals surface area contributed by atoms with Gasteiger partial charge in [-0.2, -0.15) is 0 Å². The second kappa shape index (κ2) is 11.4. The number of hydrogen-bond acceptors (Lipinski definition) is 4. The summed E-state index contributed by atoms with van der Waals surface area (Å²) in [6.45, 7) is 5.58. The zero-order valence-corrected chi connectivity index (χ0v) is 22.7. The molecule has 1 N–H and O–H groups in total. The molecule has 2 aliphatic heterocycles. The van der Waals surface area contributed by atoms with Crippen LogP contribution in [-0.4, -0.2) is 59.2 Å². The van der Waals surface area contributed by atoms with Gasteiger partial charge in [0.05, 0.1) is 6.04 Å². The van der Waals surface area contributed by atoms with Crippen LogP contribution in [0.3, 0.4) is 0 Å². The minimum Gasteiger partial charge on any atom is -0.361 e. The third-order valence-corrected chi connectivity index (χ3v) is 8.03. The molecule has 4 aromatic rings. The summed E-state index contributed by atoms with van der Waals surface area (Å²) in [6.07, 6.45) is -0.217. The quantitative estimate of drug-likeness (QED) is 0.327. The van der Waals surface area contributed by atoms with Crippen LogP contribution in [0.25, 0.3) is 0 Å². The number of carbonyl (C=O) groups excluding carboxylic acids is 2. The summed E-state index contributed by atoms with van der Waals surface area (Å²) in [5.74, 6) is 0.0991. The summed E-state index contributed by atoms with van der Waals surface area (Å²) in [7, 11) is 0. The number of hydrogen-bond donors (Lipinski definition) is 1. The molecule has 6 rings (SSSR count). The predicted octanol–water partition coefficient (Wildman–Crippen LogP) is 5.82. The van der Waals surface area contributed by atoms with Crippen LogP contribution in [0.4, 0.5) is 5.69 Å². The van der Waals surface area contributed by atoms with Crippen LogP contribution in [0, 0.1) is 0 Å². The Morgan fingerprint density at radius 2 is 1.35 bits per heavy atom. The normalized spacial score (nSPS) is 17.2. The molecule has 0 saturated carbocycles. The Morgan fingerprint density at radius 1 is 0.775 bits per heavy atom. The van der Waals surface area contributed by atoms with E-state index in [4.69, 9.17) is 0 Å². The van der Waals surface area contributed by atoms with Gasteiger partial charge in [0.2, 0.25) is 0 Å². The molecule has 1 unspecified atom stereocenters. The zero-order valence-electron chi connectivity index (χ0n) is 22.7. The summed E-state index contributed by atoms with van der Waals surface area (Å²) < 4.78 is 0. The third kappa shape index (κ3) is 4.98. The van der Waals surface area contributed by atoms with Crippen LogP contribution >= 0.6 is 0 Å². The van der Waals surface area contributed by atoms with Crippen LogP contribution in [0.15, 0.2) is 109 Å². The largest absolute Gasteiger partial charge is 0.361 e. The number of fused-ring (bicyclic) bond motifs is 1. The SMILES string of the molecule is CCN1C(=O)c2ccccc2C1Nc1ccc(C(=O)N2CCN(C(c3ccccc3)c3ccccc3)CC2)cc1. The van der Waals surface area contributed by atoms with Gasteiger partial charge in [0.15, 0.2) is 0 Å². The van der Waals surface area contributed by atoms with E-state index in [0.29, 0.717) is 25.2 Å². The highest BCUT2D eigenvalue weighted by atomic mass is 16.2. The Bertz CT molecular complexity index is 1430. The maximum Gasteiger partial charge on any atom is 0.256 e. The Morgan fingerprint density at radius 3 is 1.95 bits per heavy atom. The molecule has 40 heavy (non-hydrogen) atoms. The van der Waals surface area contributed by atoms with Gasteiger partial charge in [0, 0.05) is 55.1 Å². The summed E-state index contributed by atoms with van der Waals surface area (Å²) in [4.78, 5) is 32.5. The van der Waals surface area contributed by atoms with Crippen molar-refractivity contribution in [3.05, 3.63) is 137 Å². The van der Waals surface area contributed by atoms with Crippen LogP contribution < -0.4 is 5.32 Å². The van der Waals surface area contributed by atoms with Crippen molar-refractivity contribution in [1.29, 1.82) is 0 Å². The average Bonchev–Trinajstić information content (AvgIpc) is 3.29. The molecule has 2 aliphatic rings. The van der Waals surface area contributed by atoms with Crippen molar-refractivity contribution in [1.82, 2.24) is 14.7 Å². The molecule has 0 spiro atoms. The number of piperazine rings is 1. The first kappa shape index (κ1) is 25.8. The molecule has 1 atom stereocenters. The van der Waals surface area contributed by atoms with E-state index in [1.165, 1.54) is 11.1 Å². The molecule has 0 aliphatic carbocycles. The molecule has 1 saturated heterocycles.